The van der Waals surface area contributed by atoms with Crippen LogP contribution in [0.4, 0.5) is 0 Å². The summed E-state index contributed by atoms with van der Waals surface area (Å²) in [4.78, 5) is 2.83. The molecule has 3 atom stereocenters. The normalized spacial score (nSPS) is 35.4. The minimum atomic E-state index is 0.438. The molecule has 2 fully saturated rings. The Morgan fingerprint density at radius 1 is 1.00 bits per heavy atom. The summed E-state index contributed by atoms with van der Waals surface area (Å²) in [6.07, 6.45) is 8.34. The summed E-state index contributed by atoms with van der Waals surface area (Å²) in [6.45, 7) is 14.8. The maximum atomic E-state index is 3.66. The van der Waals surface area contributed by atoms with E-state index in [9.17, 15) is 0 Å². The molecule has 0 aromatic heterocycles. The Bertz CT molecular complexity index is 329. The molecule has 0 amide bonds. The van der Waals surface area contributed by atoms with Gasteiger partial charge < -0.3 is 5.32 Å². The van der Waals surface area contributed by atoms with Crippen molar-refractivity contribution in [3.05, 3.63) is 0 Å². The van der Waals surface area contributed by atoms with Crippen molar-refractivity contribution in [2.75, 3.05) is 20.1 Å². The molecule has 2 heteroatoms. The van der Waals surface area contributed by atoms with Crippen LogP contribution >= 0.6 is 0 Å². The van der Waals surface area contributed by atoms with Crippen LogP contribution in [0.3, 0.4) is 0 Å². The number of hydrogen-bond acceptors (Lipinski definition) is 2. The van der Waals surface area contributed by atoms with E-state index < -0.39 is 0 Å². The Kier molecular flexibility index (Phi) is 5.41. The van der Waals surface area contributed by atoms with Crippen LogP contribution < -0.4 is 5.32 Å². The van der Waals surface area contributed by atoms with Crippen LogP contribution in [-0.4, -0.2) is 37.1 Å². The number of likely N-dealkylation sites (tertiary alicyclic amines) is 1. The van der Waals surface area contributed by atoms with Crippen LogP contribution in [0.5, 0.6) is 0 Å². The lowest BCUT2D eigenvalue weighted by Crippen LogP contribution is -2.58. The molecule has 1 saturated heterocycles. The van der Waals surface area contributed by atoms with E-state index in [1.165, 1.54) is 51.6 Å². The van der Waals surface area contributed by atoms with Crippen LogP contribution in [0.15, 0.2) is 0 Å². The minimum absolute atomic E-state index is 0.438. The van der Waals surface area contributed by atoms with E-state index in [4.69, 9.17) is 0 Å². The summed E-state index contributed by atoms with van der Waals surface area (Å²) in [5.74, 6) is 0.895. The van der Waals surface area contributed by atoms with Crippen LogP contribution in [0, 0.1) is 16.7 Å². The van der Waals surface area contributed by atoms with Gasteiger partial charge in [0.15, 0.2) is 0 Å². The van der Waals surface area contributed by atoms with Gasteiger partial charge in [-0.25, -0.2) is 0 Å². The summed E-state index contributed by atoms with van der Waals surface area (Å²) < 4.78 is 0. The maximum Gasteiger partial charge on any atom is 0.0271 e. The van der Waals surface area contributed by atoms with Crippen molar-refractivity contribution in [3.8, 4) is 0 Å². The predicted octanol–water partition coefficient (Wildman–Crippen LogP) is 4.30. The van der Waals surface area contributed by atoms with Gasteiger partial charge in [0.2, 0.25) is 0 Å². The SMILES string of the molecule is CNC1C(N2CCCC(C(C)(C)C)CC2)CCCC1(C)C. The zero-order chi connectivity index (χ0) is 15.7. The molecule has 0 aromatic carbocycles. The highest BCUT2D eigenvalue weighted by atomic mass is 15.2. The molecule has 3 unspecified atom stereocenters. The first-order chi connectivity index (χ1) is 9.75. The molecule has 1 heterocycles. The fraction of sp³-hybridized carbons (Fsp3) is 1.00. The molecule has 1 saturated carbocycles. The standard InChI is InChI=1S/C19H38N2/c1-18(2,3)15-9-8-13-21(14-11-15)16-10-7-12-19(4,5)17(16)20-6/h15-17,20H,7-14H2,1-6H3. The molecule has 0 aromatic rings. The van der Waals surface area contributed by atoms with Crippen molar-refractivity contribution < 1.29 is 0 Å². The lowest BCUT2D eigenvalue weighted by Gasteiger charge is -2.48. The first-order valence-corrected chi connectivity index (χ1v) is 9.17. The third-order valence-electron chi connectivity index (χ3n) is 6.32. The van der Waals surface area contributed by atoms with Crippen molar-refractivity contribution in [3.63, 3.8) is 0 Å². The molecule has 0 radical (unpaired) electrons. The Balaban J connectivity index is 2.04. The summed E-state index contributed by atoms with van der Waals surface area (Å²) in [6, 6.07) is 1.40. The van der Waals surface area contributed by atoms with E-state index in [-0.39, 0.29) is 0 Å². The molecule has 21 heavy (non-hydrogen) atoms. The van der Waals surface area contributed by atoms with E-state index in [0.717, 1.165) is 12.0 Å². The average molecular weight is 295 g/mol. The highest BCUT2D eigenvalue weighted by Crippen LogP contribution is 2.40. The van der Waals surface area contributed by atoms with Gasteiger partial charge >= 0.3 is 0 Å². The lowest BCUT2D eigenvalue weighted by atomic mass is 9.70. The summed E-state index contributed by atoms with van der Waals surface area (Å²) in [7, 11) is 2.17. The predicted molar refractivity (Wildman–Crippen MR) is 92.6 cm³/mol. The van der Waals surface area contributed by atoms with Crippen molar-refractivity contribution in [1.82, 2.24) is 10.2 Å². The van der Waals surface area contributed by atoms with Gasteiger partial charge in [0.05, 0.1) is 0 Å². The fourth-order valence-electron chi connectivity index (χ4n) is 4.90. The van der Waals surface area contributed by atoms with E-state index >= 15 is 0 Å². The van der Waals surface area contributed by atoms with Gasteiger partial charge in [-0.05, 0) is 69.0 Å². The second-order valence-corrected chi connectivity index (χ2v) is 9.24. The largest absolute Gasteiger partial charge is 0.315 e. The van der Waals surface area contributed by atoms with Crippen LogP contribution in [0.25, 0.3) is 0 Å². The molecule has 2 nitrogen and oxygen atoms in total. The Labute approximate surface area is 133 Å². The fourth-order valence-corrected chi connectivity index (χ4v) is 4.90. The monoisotopic (exact) mass is 294 g/mol. The van der Waals surface area contributed by atoms with Crippen LogP contribution in [-0.2, 0) is 0 Å². The molecule has 1 aliphatic heterocycles. The average Bonchev–Trinajstić information content (AvgIpc) is 2.62. The van der Waals surface area contributed by atoms with Gasteiger partial charge in [0, 0.05) is 12.1 Å². The summed E-state index contributed by atoms with van der Waals surface area (Å²) in [5, 5.41) is 3.66. The number of nitrogens with zero attached hydrogens (tertiary/aromatic N) is 1. The summed E-state index contributed by atoms with van der Waals surface area (Å²) in [5.41, 5.74) is 0.914. The molecule has 0 spiro atoms. The van der Waals surface area contributed by atoms with Gasteiger partial charge in [-0.3, -0.25) is 4.90 Å². The van der Waals surface area contributed by atoms with Crippen molar-refractivity contribution in [1.29, 1.82) is 0 Å². The lowest BCUT2D eigenvalue weighted by molar-refractivity contribution is 0.0522. The van der Waals surface area contributed by atoms with Crippen LogP contribution in [0.1, 0.15) is 73.1 Å². The zero-order valence-electron chi connectivity index (χ0n) is 15.3. The smallest absolute Gasteiger partial charge is 0.0271 e. The number of hydrogen-bond donors (Lipinski definition) is 1. The molecule has 2 rings (SSSR count). The van der Waals surface area contributed by atoms with E-state index in [2.05, 4.69) is 51.9 Å². The molecule has 2 aliphatic rings. The number of rotatable bonds is 2. The van der Waals surface area contributed by atoms with E-state index in [0.29, 0.717) is 16.9 Å². The Morgan fingerprint density at radius 2 is 1.71 bits per heavy atom. The van der Waals surface area contributed by atoms with Crippen molar-refractivity contribution >= 4 is 0 Å². The van der Waals surface area contributed by atoms with Crippen molar-refractivity contribution in [2.45, 2.75) is 85.2 Å². The van der Waals surface area contributed by atoms with Gasteiger partial charge in [-0.2, -0.15) is 0 Å². The first-order valence-electron chi connectivity index (χ1n) is 9.17. The molecular formula is C19H38N2. The van der Waals surface area contributed by atoms with Crippen LogP contribution in [0.2, 0.25) is 0 Å². The highest BCUT2D eigenvalue weighted by molar-refractivity contribution is 4.98. The molecule has 0 bridgehead atoms. The van der Waals surface area contributed by atoms with Gasteiger partial charge in [0.25, 0.3) is 0 Å². The zero-order valence-corrected chi connectivity index (χ0v) is 15.3. The van der Waals surface area contributed by atoms with E-state index in [1.54, 1.807) is 0 Å². The second kappa shape index (κ2) is 6.58. The summed E-state index contributed by atoms with van der Waals surface area (Å²) >= 11 is 0. The molecule has 1 N–H and O–H groups in total. The minimum Gasteiger partial charge on any atom is -0.315 e. The quantitative estimate of drug-likeness (QED) is 0.817. The third-order valence-corrected chi connectivity index (χ3v) is 6.32. The van der Waals surface area contributed by atoms with Gasteiger partial charge in [-0.1, -0.05) is 41.0 Å². The maximum absolute atomic E-state index is 3.66. The highest BCUT2D eigenvalue weighted by Gasteiger charge is 2.41. The third kappa shape index (κ3) is 4.01. The number of likely N-dealkylation sites (N-methyl/N-ethyl adjacent to an activating group) is 1. The second-order valence-electron chi connectivity index (χ2n) is 9.24. The van der Waals surface area contributed by atoms with E-state index in [1.807, 2.05) is 0 Å². The molecule has 1 aliphatic carbocycles. The molecular weight excluding hydrogens is 256 g/mol. The Hall–Kier alpha value is -0.0800. The van der Waals surface area contributed by atoms with Gasteiger partial charge in [-0.15, -0.1) is 0 Å². The van der Waals surface area contributed by atoms with Gasteiger partial charge in [0.1, 0.15) is 0 Å². The Morgan fingerprint density at radius 3 is 2.33 bits per heavy atom. The molecule has 124 valence electrons. The van der Waals surface area contributed by atoms with Crippen molar-refractivity contribution in [2.24, 2.45) is 16.7 Å². The topological polar surface area (TPSA) is 15.3 Å². The number of nitrogens with one attached hydrogen (secondary N) is 1. The first kappa shape index (κ1) is 17.3.